The zero-order valence-electron chi connectivity index (χ0n) is 15.3. The van der Waals surface area contributed by atoms with Crippen LogP contribution in [0.4, 0.5) is 5.69 Å². The highest BCUT2D eigenvalue weighted by atomic mass is 32.1. The number of nitrogens with zero attached hydrogens (tertiary/aromatic N) is 2. The summed E-state index contributed by atoms with van der Waals surface area (Å²) in [6, 6.07) is 16.3. The number of thiazole rings is 1. The number of aromatic hydroxyl groups is 1. The predicted octanol–water partition coefficient (Wildman–Crippen LogP) is 3.01. The average Bonchev–Trinajstić information content (AvgIpc) is 3.01. The third-order valence-corrected chi connectivity index (χ3v) is 5.79. The van der Waals surface area contributed by atoms with Gasteiger partial charge in [-0.25, -0.2) is 4.57 Å². The van der Waals surface area contributed by atoms with E-state index >= 15 is 0 Å². The molecule has 144 valence electrons. The molecule has 0 spiro atoms. The van der Waals surface area contributed by atoms with Gasteiger partial charge in [-0.1, -0.05) is 53.8 Å². The molecular weight excluding hydrogens is 378 g/mol. The number of benzene rings is 2. The van der Waals surface area contributed by atoms with Crippen LogP contribution in [0.25, 0.3) is 0 Å². The van der Waals surface area contributed by atoms with Gasteiger partial charge in [0.1, 0.15) is 11.0 Å². The lowest BCUT2D eigenvalue weighted by Gasteiger charge is -2.34. The number of para-hydroxylation sites is 1. The molecule has 2 atom stereocenters. The van der Waals surface area contributed by atoms with E-state index in [-0.39, 0.29) is 16.7 Å². The van der Waals surface area contributed by atoms with Crippen LogP contribution in [0.1, 0.15) is 33.2 Å². The number of aromatic nitrogens is 1. The average molecular weight is 397 g/mol. The molecule has 3 aromatic rings. The van der Waals surface area contributed by atoms with Gasteiger partial charge < -0.3 is 20.1 Å². The van der Waals surface area contributed by atoms with Crippen LogP contribution in [0.15, 0.2) is 59.4 Å². The maximum Gasteiger partial charge on any atom is 0.312 e. The summed E-state index contributed by atoms with van der Waals surface area (Å²) in [4.78, 5) is 26.9. The number of amides is 1. The molecule has 1 aromatic heterocycles. The summed E-state index contributed by atoms with van der Waals surface area (Å²) < 4.78 is 6.70. The summed E-state index contributed by atoms with van der Waals surface area (Å²) in [5, 5.41) is 14.1. The summed E-state index contributed by atoms with van der Waals surface area (Å²) in [6.07, 6.45) is -1.43. The van der Waals surface area contributed by atoms with Gasteiger partial charge in [-0.3, -0.25) is 9.59 Å². The van der Waals surface area contributed by atoms with E-state index in [4.69, 9.17) is 4.74 Å². The molecule has 4 rings (SSSR count). The van der Waals surface area contributed by atoms with Crippen molar-refractivity contribution in [2.75, 3.05) is 19.5 Å². The van der Waals surface area contributed by atoms with E-state index < -0.39 is 12.4 Å². The second-order valence-electron chi connectivity index (χ2n) is 6.43. The fourth-order valence-corrected chi connectivity index (χ4v) is 4.36. The zero-order valence-corrected chi connectivity index (χ0v) is 16.1. The minimum atomic E-state index is -0.768. The summed E-state index contributed by atoms with van der Waals surface area (Å²) in [5.41, 5.74) is 1.94. The van der Waals surface area contributed by atoms with E-state index in [0.717, 1.165) is 16.9 Å². The number of hydrogen-bond acceptors (Lipinski definition) is 6. The fourth-order valence-electron chi connectivity index (χ4n) is 3.38. The molecule has 2 heterocycles. The lowest BCUT2D eigenvalue weighted by molar-refractivity contribution is 0.0685. The van der Waals surface area contributed by atoms with Crippen LogP contribution in [0.3, 0.4) is 0 Å². The molecule has 2 N–H and O–H groups in total. The monoisotopic (exact) mass is 397 g/mol. The molecule has 28 heavy (non-hydrogen) atoms. The summed E-state index contributed by atoms with van der Waals surface area (Å²) in [5.74, 6) is -0.403. The Morgan fingerprint density at radius 1 is 1.11 bits per heavy atom. The van der Waals surface area contributed by atoms with Crippen LogP contribution in [0, 0.1) is 0 Å². The van der Waals surface area contributed by atoms with Crippen LogP contribution < -0.4 is 10.2 Å². The number of rotatable bonds is 4. The number of methoxy groups -OCH3 is 1. The molecule has 0 fully saturated rings. The number of ether oxygens (including phenoxy) is 1. The van der Waals surface area contributed by atoms with Crippen LogP contribution in [-0.4, -0.2) is 34.6 Å². The third-order valence-electron chi connectivity index (χ3n) is 4.79. The molecule has 0 saturated carbocycles. The normalized spacial score (nSPS) is 17.1. The highest BCUT2D eigenvalue weighted by Gasteiger charge is 2.35. The highest BCUT2D eigenvalue weighted by Crippen LogP contribution is 2.38. The van der Waals surface area contributed by atoms with E-state index in [1.165, 1.54) is 16.6 Å². The Labute approximate surface area is 165 Å². The Kier molecular flexibility index (Phi) is 4.66. The van der Waals surface area contributed by atoms with E-state index in [0.29, 0.717) is 16.1 Å². The Balaban J connectivity index is 1.78. The van der Waals surface area contributed by atoms with Gasteiger partial charge >= 0.3 is 4.87 Å². The summed E-state index contributed by atoms with van der Waals surface area (Å²) in [6.45, 7) is 0. The van der Waals surface area contributed by atoms with Gasteiger partial charge in [0, 0.05) is 25.4 Å². The van der Waals surface area contributed by atoms with E-state index in [2.05, 4.69) is 5.32 Å². The fraction of sp³-hybridized carbons (Fsp3) is 0.200. The summed E-state index contributed by atoms with van der Waals surface area (Å²) in [7, 11) is 3.11. The number of anilines is 1. The van der Waals surface area contributed by atoms with Crippen molar-refractivity contribution >= 4 is 22.9 Å². The minimum absolute atomic E-state index is 0.183. The number of hydrogen-bond donors (Lipinski definition) is 2. The molecule has 0 saturated heterocycles. The van der Waals surface area contributed by atoms with Crippen LogP contribution in [-0.2, 0) is 4.74 Å². The smallest absolute Gasteiger partial charge is 0.312 e. The standard InChI is InChI=1S/C20H19N3O4S/c1-22-16(21-14-11-7-6-10-13(14)17(22)24)15-18(25)23(20(26)28-15)19(27-2)12-8-4-3-5-9-12/h3-11,16,19,21,25H,1-2H3. The second-order valence-corrected chi connectivity index (χ2v) is 7.43. The largest absolute Gasteiger partial charge is 0.493 e. The van der Waals surface area contributed by atoms with E-state index in [9.17, 15) is 14.7 Å². The van der Waals surface area contributed by atoms with Crippen molar-refractivity contribution < 1.29 is 14.6 Å². The molecular formula is C20H19N3O4S. The lowest BCUT2D eigenvalue weighted by Crippen LogP contribution is -2.39. The maximum absolute atomic E-state index is 12.7. The Morgan fingerprint density at radius 3 is 2.50 bits per heavy atom. The van der Waals surface area contributed by atoms with Crippen molar-refractivity contribution in [3.05, 3.63) is 80.3 Å². The quantitative estimate of drug-likeness (QED) is 0.707. The van der Waals surface area contributed by atoms with Crippen LogP contribution in [0.2, 0.25) is 0 Å². The molecule has 1 aliphatic rings. The van der Waals surface area contributed by atoms with E-state index in [1.54, 1.807) is 25.2 Å². The first-order valence-electron chi connectivity index (χ1n) is 8.67. The second kappa shape index (κ2) is 7.14. The van der Waals surface area contributed by atoms with Crippen molar-refractivity contribution in [2.45, 2.75) is 12.4 Å². The minimum Gasteiger partial charge on any atom is -0.493 e. The van der Waals surface area contributed by atoms with Gasteiger partial charge in [0.05, 0.1) is 5.56 Å². The molecule has 2 unspecified atom stereocenters. The first-order chi connectivity index (χ1) is 13.5. The number of carbonyl (C=O) groups is 1. The molecule has 0 aliphatic carbocycles. The van der Waals surface area contributed by atoms with Gasteiger partial charge in [0.15, 0.2) is 6.23 Å². The van der Waals surface area contributed by atoms with Gasteiger partial charge in [-0.15, -0.1) is 0 Å². The first kappa shape index (κ1) is 18.3. The molecule has 7 nitrogen and oxygen atoms in total. The SMILES string of the molecule is COC(c1ccccc1)n1c(O)c(C2Nc3ccccc3C(=O)N2C)sc1=O. The molecule has 0 bridgehead atoms. The topological polar surface area (TPSA) is 83.8 Å². The third kappa shape index (κ3) is 2.87. The molecule has 2 aromatic carbocycles. The number of fused-ring (bicyclic) bond motifs is 1. The number of carbonyl (C=O) groups excluding carboxylic acids is 1. The molecule has 1 amide bonds. The lowest BCUT2D eigenvalue weighted by atomic mass is 10.1. The van der Waals surface area contributed by atoms with Crippen molar-refractivity contribution in [3.8, 4) is 5.88 Å². The number of nitrogens with one attached hydrogen (secondary N) is 1. The Hall–Kier alpha value is -3.10. The zero-order chi connectivity index (χ0) is 19.8. The van der Waals surface area contributed by atoms with Gasteiger partial charge in [-0.05, 0) is 12.1 Å². The molecule has 8 heteroatoms. The van der Waals surface area contributed by atoms with Gasteiger partial charge in [-0.2, -0.15) is 0 Å². The highest BCUT2D eigenvalue weighted by molar-refractivity contribution is 7.09. The van der Waals surface area contributed by atoms with Crippen LogP contribution >= 0.6 is 11.3 Å². The van der Waals surface area contributed by atoms with Gasteiger partial charge in [0.2, 0.25) is 5.88 Å². The van der Waals surface area contributed by atoms with E-state index in [1.807, 2.05) is 36.4 Å². The maximum atomic E-state index is 12.7. The first-order valence-corrected chi connectivity index (χ1v) is 9.49. The van der Waals surface area contributed by atoms with Crippen molar-refractivity contribution in [3.63, 3.8) is 0 Å². The van der Waals surface area contributed by atoms with Crippen molar-refractivity contribution in [1.82, 2.24) is 9.47 Å². The Morgan fingerprint density at radius 2 is 1.79 bits per heavy atom. The summed E-state index contributed by atoms with van der Waals surface area (Å²) >= 11 is 0.887. The Bertz CT molecular complexity index is 1080. The van der Waals surface area contributed by atoms with Crippen molar-refractivity contribution in [2.24, 2.45) is 0 Å². The van der Waals surface area contributed by atoms with Gasteiger partial charge in [0.25, 0.3) is 5.91 Å². The van der Waals surface area contributed by atoms with Crippen molar-refractivity contribution in [1.29, 1.82) is 0 Å². The van der Waals surface area contributed by atoms with Crippen LogP contribution in [0.5, 0.6) is 5.88 Å². The predicted molar refractivity (Wildman–Crippen MR) is 107 cm³/mol. The molecule has 0 radical (unpaired) electrons. The molecule has 1 aliphatic heterocycles.